The van der Waals surface area contributed by atoms with Crippen LogP contribution in [0.3, 0.4) is 0 Å². The molecular formula is C17H22N2O6. The molecule has 2 amide bonds. The molecule has 0 saturated heterocycles. The molecule has 25 heavy (non-hydrogen) atoms. The highest BCUT2D eigenvalue weighted by Gasteiger charge is 2.20. The molecule has 0 unspecified atom stereocenters. The van der Waals surface area contributed by atoms with Gasteiger partial charge in [-0.3, -0.25) is 4.79 Å². The zero-order valence-electron chi connectivity index (χ0n) is 13.7. The molecule has 0 saturated carbocycles. The van der Waals surface area contributed by atoms with E-state index in [-0.39, 0.29) is 26.0 Å². The molecule has 0 heterocycles. The Morgan fingerprint density at radius 1 is 1.24 bits per heavy atom. The molecule has 0 spiro atoms. The molecule has 0 aromatic heterocycles. The van der Waals surface area contributed by atoms with E-state index in [9.17, 15) is 19.5 Å². The third-order valence-electron chi connectivity index (χ3n) is 3.15. The maximum absolute atomic E-state index is 11.7. The van der Waals surface area contributed by atoms with E-state index >= 15 is 0 Å². The van der Waals surface area contributed by atoms with Crippen LogP contribution >= 0.6 is 0 Å². The number of carboxylic acids is 1. The molecule has 8 nitrogen and oxygen atoms in total. The van der Waals surface area contributed by atoms with Crippen LogP contribution in [0.4, 0.5) is 4.79 Å². The summed E-state index contributed by atoms with van der Waals surface area (Å²) in [6.45, 7) is 3.31. The van der Waals surface area contributed by atoms with Gasteiger partial charge in [-0.05, 0) is 12.0 Å². The summed E-state index contributed by atoms with van der Waals surface area (Å²) in [7, 11) is 0. The lowest BCUT2D eigenvalue weighted by Gasteiger charge is -2.15. The van der Waals surface area contributed by atoms with Crippen LogP contribution in [0.15, 0.2) is 43.0 Å². The summed E-state index contributed by atoms with van der Waals surface area (Å²) in [5, 5.41) is 23.3. The van der Waals surface area contributed by atoms with Crippen molar-refractivity contribution >= 4 is 18.0 Å². The van der Waals surface area contributed by atoms with Crippen molar-refractivity contribution in [3.63, 3.8) is 0 Å². The van der Waals surface area contributed by atoms with Crippen molar-refractivity contribution in [3.8, 4) is 0 Å². The molecule has 1 rings (SSSR count). The number of hydrogen-bond donors (Lipinski definition) is 4. The Labute approximate surface area is 145 Å². The topological polar surface area (TPSA) is 125 Å². The third-order valence-corrected chi connectivity index (χ3v) is 3.15. The summed E-state index contributed by atoms with van der Waals surface area (Å²) in [4.78, 5) is 34.1. The second-order valence-corrected chi connectivity index (χ2v) is 5.28. The Kier molecular flexibility index (Phi) is 8.73. The first kappa shape index (κ1) is 20.2. The van der Waals surface area contributed by atoms with Crippen molar-refractivity contribution in [3.05, 3.63) is 48.6 Å². The van der Waals surface area contributed by atoms with Crippen LogP contribution in [0.5, 0.6) is 0 Å². The molecule has 1 aromatic rings. The largest absolute Gasteiger partial charge is 0.480 e. The van der Waals surface area contributed by atoms with E-state index in [4.69, 9.17) is 9.84 Å². The average molecular weight is 350 g/mol. The monoisotopic (exact) mass is 350 g/mol. The summed E-state index contributed by atoms with van der Waals surface area (Å²) in [5.74, 6) is -1.83. The second-order valence-electron chi connectivity index (χ2n) is 5.28. The van der Waals surface area contributed by atoms with E-state index in [0.717, 1.165) is 5.56 Å². The maximum Gasteiger partial charge on any atom is 0.407 e. The van der Waals surface area contributed by atoms with E-state index in [2.05, 4.69) is 17.2 Å². The van der Waals surface area contributed by atoms with Crippen molar-refractivity contribution < 1.29 is 29.3 Å². The van der Waals surface area contributed by atoms with E-state index in [1.165, 1.54) is 6.08 Å². The molecule has 1 aromatic carbocycles. The van der Waals surface area contributed by atoms with Crippen LogP contribution < -0.4 is 10.6 Å². The van der Waals surface area contributed by atoms with Gasteiger partial charge in [0.15, 0.2) is 0 Å². The van der Waals surface area contributed by atoms with Crippen LogP contribution in [0, 0.1) is 0 Å². The lowest BCUT2D eigenvalue weighted by molar-refractivity contribution is -0.142. The number of rotatable bonds is 10. The number of amides is 2. The van der Waals surface area contributed by atoms with E-state index in [0.29, 0.717) is 0 Å². The van der Waals surface area contributed by atoms with Gasteiger partial charge in [-0.25, -0.2) is 9.59 Å². The normalized spacial score (nSPS) is 12.5. The number of alkyl carbamates (subject to hydrolysis) is 1. The Morgan fingerprint density at radius 2 is 1.92 bits per heavy atom. The van der Waals surface area contributed by atoms with Gasteiger partial charge in [0, 0.05) is 6.54 Å². The van der Waals surface area contributed by atoms with Crippen molar-refractivity contribution in [2.24, 2.45) is 0 Å². The van der Waals surface area contributed by atoms with Gasteiger partial charge >= 0.3 is 12.1 Å². The predicted molar refractivity (Wildman–Crippen MR) is 89.6 cm³/mol. The molecule has 136 valence electrons. The number of nitrogens with one attached hydrogen (secondary N) is 2. The van der Waals surface area contributed by atoms with E-state index in [1.54, 1.807) is 12.1 Å². The van der Waals surface area contributed by atoms with E-state index < -0.39 is 30.1 Å². The van der Waals surface area contributed by atoms with Gasteiger partial charge in [-0.15, -0.1) is 6.58 Å². The number of carboxylic acid groups (broad SMARTS) is 1. The van der Waals surface area contributed by atoms with Crippen LogP contribution in [0.1, 0.15) is 18.4 Å². The van der Waals surface area contributed by atoms with Crippen LogP contribution in [0.2, 0.25) is 0 Å². The fourth-order valence-electron chi connectivity index (χ4n) is 1.90. The smallest absolute Gasteiger partial charge is 0.407 e. The maximum atomic E-state index is 11.7. The summed E-state index contributed by atoms with van der Waals surface area (Å²) < 4.78 is 4.96. The zero-order valence-corrected chi connectivity index (χ0v) is 13.7. The van der Waals surface area contributed by atoms with Gasteiger partial charge in [0.1, 0.15) is 12.6 Å². The predicted octanol–water partition coefficient (Wildman–Crippen LogP) is 0.809. The molecule has 0 aliphatic heterocycles. The zero-order chi connectivity index (χ0) is 18.7. The number of aliphatic hydroxyl groups is 1. The number of ether oxygens (including phenoxy) is 1. The highest BCUT2D eigenvalue weighted by Crippen LogP contribution is 2.01. The van der Waals surface area contributed by atoms with Gasteiger partial charge in [0.05, 0.1) is 12.5 Å². The number of hydrogen-bond acceptors (Lipinski definition) is 5. The molecule has 0 fully saturated rings. The highest BCUT2D eigenvalue weighted by molar-refractivity contribution is 5.83. The summed E-state index contributed by atoms with van der Waals surface area (Å²) >= 11 is 0. The van der Waals surface area contributed by atoms with Crippen molar-refractivity contribution in [1.82, 2.24) is 10.6 Å². The standard InChI is InChI=1S/C17H22N2O6/c1-2-6-14(16(22)23)19-15(21)9-13(20)10-18-17(24)25-11-12-7-4-3-5-8-12/h2-5,7-8,13-14,20H,1,6,9-11H2,(H,18,24)(H,19,21)(H,22,23)/t13-,14-/m1/s1. The van der Waals surface area contributed by atoms with Crippen molar-refractivity contribution in [2.45, 2.75) is 31.6 Å². The first-order valence-corrected chi connectivity index (χ1v) is 7.68. The van der Waals surface area contributed by atoms with Gasteiger partial charge in [0.25, 0.3) is 0 Å². The molecule has 8 heteroatoms. The second kappa shape index (κ2) is 10.8. The van der Waals surface area contributed by atoms with Gasteiger partial charge < -0.3 is 25.6 Å². The fraction of sp³-hybridized carbons (Fsp3) is 0.353. The quantitative estimate of drug-likeness (QED) is 0.463. The van der Waals surface area contributed by atoms with Gasteiger partial charge in [-0.1, -0.05) is 36.4 Å². The Balaban J connectivity index is 2.27. The van der Waals surface area contributed by atoms with Crippen molar-refractivity contribution in [1.29, 1.82) is 0 Å². The Bertz CT molecular complexity index is 590. The SMILES string of the molecule is C=CC[C@@H](NC(=O)C[C@@H](O)CNC(=O)OCc1ccccc1)C(=O)O. The Hall–Kier alpha value is -2.87. The van der Waals surface area contributed by atoms with E-state index in [1.807, 2.05) is 18.2 Å². The van der Waals surface area contributed by atoms with Gasteiger partial charge in [0.2, 0.25) is 5.91 Å². The van der Waals surface area contributed by atoms with Crippen LogP contribution in [-0.4, -0.2) is 46.9 Å². The molecular weight excluding hydrogens is 328 g/mol. The fourth-order valence-corrected chi connectivity index (χ4v) is 1.90. The Morgan fingerprint density at radius 3 is 2.52 bits per heavy atom. The lowest BCUT2D eigenvalue weighted by atomic mass is 10.2. The number of benzene rings is 1. The molecule has 0 radical (unpaired) electrons. The summed E-state index contributed by atoms with van der Waals surface area (Å²) in [6.07, 6.45) is -0.790. The minimum absolute atomic E-state index is 0.0707. The minimum atomic E-state index is -1.19. The van der Waals surface area contributed by atoms with Crippen LogP contribution in [0.25, 0.3) is 0 Å². The first-order chi connectivity index (χ1) is 11.9. The minimum Gasteiger partial charge on any atom is -0.480 e. The number of carbonyl (C=O) groups excluding carboxylic acids is 2. The average Bonchev–Trinajstić information content (AvgIpc) is 2.58. The molecule has 2 atom stereocenters. The summed E-state index contributed by atoms with van der Waals surface area (Å²) in [6, 6.07) is 7.98. The summed E-state index contributed by atoms with van der Waals surface area (Å²) in [5.41, 5.74) is 0.819. The highest BCUT2D eigenvalue weighted by atomic mass is 16.5. The third kappa shape index (κ3) is 8.52. The molecule has 0 aliphatic rings. The lowest BCUT2D eigenvalue weighted by Crippen LogP contribution is -2.43. The molecule has 4 N–H and O–H groups in total. The first-order valence-electron chi connectivity index (χ1n) is 7.68. The number of carbonyl (C=O) groups is 3. The molecule has 0 aliphatic carbocycles. The number of aliphatic carboxylic acids is 1. The van der Waals surface area contributed by atoms with Gasteiger partial charge in [-0.2, -0.15) is 0 Å². The van der Waals surface area contributed by atoms with Crippen LogP contribution in [-0.2, 0) is 20.9 Å². The molecule has 0 bridgehead atoms. The number of aliphatic hydroxyl groups excluding tert-OH is 1. The van der Waals surface area contributed by atoms with Crippen molar-refractivity contribution in [2.75, 3.05) is 6.54 Å².